The molecular weight excluding hydrogens is 394 g/mol. The van der Waals surface area contributed by atoms with Crippen molar-refractivity contribution < 1.29 is 4.79 Å². The Morgan fingerprint density at radius 3 is 2.62 bits per heavy atom. The molecule has 0 aliphatic heterocycles. The van der Waals surface area contributed by atoms with Gasteiger partial charge < -0.3 is 10.2 Å². The van der Waals surface area contributed by atoms with Gasteiger partial charge in [0.05, 0.1) is 0 Å². The normalized spacial score (nSPS) is 11.6. The molecule has 0 saturated carbocycles. The summed E-state index contributed by atoms with van der Waals surface area (Å²) < 4.78 is 2.28. The summed E-state index contributed by atoms with van der Waals surface area (Å²) in [7, 11) is 0. The zero-order chi connectivity index (χ0) is 18.9. The van der Waals surface area contributed by atoms with Crippen LogP contribution in [0.25, 0.3) is 11.8 Å². The van der Waals surface area contributed by atoms with Gasteiger partial charge in [0.25, 0.3) is 11.5 Å². The van der Waals surface area contributed by atoms with E-state index < -0.39 is 0 Å². The van der Waals surface area contributed by atoms with Gasteiger partial charge in [-0.15, -0.1) is 0 Å². The lowest BCUT2D eigenvalue weighted by Gasteiger charge is -2.18. The fourth-order valence-corrected chi connectivity index (χ4v) is 3.00. The lowest BCUT2D eigenvalue weighted by molar-refractivity contribution is -0.116. The molecule has 5 nitrogen and oxygen atoms in total. The van der Waals surface area contributed by atoms with Crippen LogP contribution in [-0.4, -0.2) is 41.6 Å². The highest BCUT2D eigenvalue weighted by molar-refractivity contribution is 9.10. The molecule has 6 heteroatoms. The predicted molar refractivity (Wildman–Crippen MR) is 110 cm³/mol. The Morgan fingerprint density at radius 2 is 1.96 bits per heavy atom. The minimum absolute atomic E-state index is 0.243. The van der Waals surface area contributed by atoms with E-state index >= 15 is 0 Å². The molecule has 2 rings (SSSR count). The number of hydrogen-bond donors (Lipinski definition) is 1. The second-order valence-corrected chi connectivity index (χ2v) is 6.69. The number of nitrogens with zero attached hydrogens (tertiary/aromatic N) is 2. The number of benzene rings is 1. The Kier molecular flexibility index (Phi) is 7.81. The van der Waals surface area contributed by atoms with Crippen molar-refractivity contribution in [2.24, 2.45) is 0 Å². The number of halogens is 1. The second-order valence-electron chi connectivity index (χ2n) is 5.78. The van der Waals surface area contributed by atoms with Crippen molar-refractivity contribution in [3.63, 3.8) is 0 Å². The van der Waals surface area contributed by atoms with E-state index in [1.165, 1.54) is 10.6 Å². The molecule has 1 amide bonds. The number of pyridine rings is 1. The Balaban J connectivity index is 2.28. The first-order valence-electron chi connectivity index (χ1n) is 8.71. The molecule has 26 heavy (non-hydrogen) atoms. The van der Waals surface area contributed by atoms with Crippen LogP contribution >= 0.6 is 15.9 Å². The average molecular weight is 418 g/mol. The third-order valence-corrected chi connectivity index (χ3v) is 4.57. The Hall–Kier alpha value is -2.18. The summed E-state index contributed by atoms with van der Waals surface area (Å²) in [5, 5.41) is 2.92. The second kappa shape index (κ2) is 10.1. The monoisotopic (exact) mass is 417 g/mol. The molecule has 0 aliphatic carbocycles. The smallest absolute Gasteiger partial charge is 0.268 e. The summed E-state index contributed by atoms with van der Waals surface area (Å²) in [6, 6.07) is 12.4. The van der Waals surface area contributed by atoms with Gasteiger partial charge in [-0.3, -0.25) is 14.2 Å². The number of amides is 1. The summed E-state index contributed by atoms with van der Waals surface area (Å²) in [6.07, 6.45) is 3.33. The highest BCUT2D eigenvalue weighted by Gasteiger charge is 2.13. The van der Waals surface area contributed by atoms with Gasteiger partial charge in [-0.05, 0) is 42.9 Å². The van der Waals surface area contributed by atoms with Crippen molar-refractivity contribution >= 4 is 33.6 Å². The number of nitrogens with one attached hydrogen (secondary N) is 1. The van der Waals surface area contributed by atoms with Crippen LogP contribution in [0, 0.1) is 0 Å². The summed E-state index contributed by atoms with van der Waals surface area (Å²) in [5.41, 5.74) is 0.893. The molecule has 0 unspecified atom stereocenters. The molecule has 0 saturated heterocycles. The topological polar surface area (TPSA) is 54.3 Å². The fraction of sp³-hybridized carbons (Fsp3) is 0.300. The van der Waals surface area contributed by atoms with Gasteiger partial charge in [0.1, 0.15) is 5.70 Å². The molecular formula is C20H24BrN3O2. The first-order valence-corrected chi connectivity index (χ1v) is 9.50. The number of hydrogen-bond acceptors (Lipinski definition) is 3. The van der Waals surface area contributed by atoms with Crippen LogP contribution in [0.3, 0.4) is 0 Å². The van der Waals surface area contributed by atoms with Gasteiger partial charge in [-0.25, -0.2) is 0 Å². The molecule has 0 aliphatic rings. The van der Waals surface area contributed by atoms with Crippen LogP contribution < -0.4 is 10.9 Å². The molecule has 0 fully saturated rings. The molecule has 1 aromatic heterocycles. The molecule has 0 radical (unpaired) electrons. The molecule has 0 bridgehead atoms. The minimum atomic E-state index is -0.273. The zero-order valence-electron chi connectivity index (χ0n) is 15.1. The minimum Gasteiger partial charge on any atom is -0.349 e. The van der Waals surface area contributed by atoms with Gasteiger partial charge in [-0.1, -0.05) is 48.0 Å². The van der Waals surface area contributed by atoms with E-state index in [4.69, 9.17) is 0 Å². The standard InChI is InChI=1S/C20H24BrN3O2/c1-3-23(4-2)13-11-22-20(26)18(24-12-6-5-10-19(24)25)15-16-8-7-9-17(21)14-16/h5-10,12,14-15H,3-4,11,13H2,1-2H3,(H,22,26)/b18-15+. The fourth-order valence-electron chi connectivity index (χ4n) is 2.58. The zero-order valence-corrected chi connectivity index (χ0v) is 16.7. The van der Waals surface area contributed by atoms with Crippen LogP contribution in [0.15, 0.2) is 57.9 Å². The molecule has 1 aromatic carbocycles. The van der Waals surface area contributed by atoms with Crippen molar-refractivity contribution in [1.29, 1.82) is 0 Å². The lowest BCUT2D eigenvalue weighted by atomic mass is 10.2. The number of rotatable bonds is 8. The van der Waals surface area contributed by atoms with E-state index in [9.17, 15) is 9.59 Å². The predicted octanol–water partition coefficient (Wildman–Crippen LogP) is 3.07. The van der Waals surface area contributed by atoms with E-state index in [0.717, 1.165) is 29.7 Å². The van der Waals surface area contributed by atoms with Gasteiger partial charge in [0.15, 0.2) is 0 Å². The Morgan fingerprint density at radius 1 is 1.19 bits per heavy atom. The number of carbonyl (C=O) groups excluding carboxylic acids is 1. The highest BCUT2D eigenvalue weighted by atomic mass is 79.9. The van der Waals surface area contributed by atoms with Crippen LogP contribution in [0.1, 0.15) is 19.4 Å². The van der Waals surface area contributed by atoms with Crippen LogP contribution in [0.2, 0.25) is 0 Å². The quantitative estimate of drug-likeness (QED) is 0.671. The van der Waals surface area contributed by atoms with E-state index in [0.29, 0.717) is 12.2 Å². The van der Waals surface area contributed by atoms with Gasteiger partial charge in [0.2, 0.25) is 0 Å². The maximum absolute atomic E-state index is 12.8. The third-order valence-electron chi connectivity index (χ3n) is 4.07. The maximum Gasteiger partial charge on any atom is 0.268 e. The third kappa shape index (κ3) is 5.68. The molecule has 0 atom stereocenters. The van der Waals surface area contributed by atoms with Crippen molar-refractivity contribution in [3.8, 4) is 0 Å². The van der Waals surface area contributed by atoms with E-state index in [2.05, 4.69) is 40.0 Å². The highest BCUT2D eigenvalue weighted by Crippen LogP contribution is 2.16. The number of carbonyl (C=O) groups is 1. The van der Waals surface area contributed by atoms with Crippen molar-refractivity contribution in [1.82, 2.24) is 14.8 Å². The summed E-state index contributed by atoms with van der Waals surface area (Å²) in [4.78, 5) is 27.2. The average Bonchev–Trinajstić information content (AvgIpc) is 2.64. The summed E-state index contributed by atoms with van der Waals surface area (Å²) >= 11 is 3.43. The summed E-state index contributed by atoms with van der Waals surface area (Å²) in [5.74, 6) is -0.273. The first-order chi connectivity index (χ1) is 12.5. The van der Waals surface area contributed by atoms with E-state index in [-0.39, 0.29) is 11.5 Å². The number of likely N-dealkylation sites (N-methyl/N-ethyl adjacent to an activating group) is 1. The van der Waals surface area contributed by atoms with Crippen molar-refractivity contribution in [2.75, 3.05) is 26.2 Å². The van der Waals surface area contributed by atoms with Gasteiger partial charge >= 0.3 is 0 Å². The molecule has 1 heterocycles. The molecule has 2 aromatic rings. The van der Waals surface area contributed by atoms with Gasteiger partial charge in [-0.2, -0.15) is 0 Å². The van der Waals surface area contributed by atoms with Crippen molar-refractivity contribution in [2.45, 2.75) is 13.8 Å². The van der Waals surface area contributed by atoms with E-state index in [1.54, 1.807) is 24.4 Å². The molecule has 1 N–H and O–H groups in total. The maximum atomic E-state index is 12.8. The van der Waals surface area contributed by atoms with Gasteiger partial charge in [0, 0.05) is 29.8 Å². The van der Waals surface area contributed by atoms with Crippen molar-refractivity contribution in [3.05, 3.63) is 69.1 Å². The Labute approximate surface area is 162 Å². The first kappa shape index (κ1) is 20.1. The molecule has 0 spiro atoms. The largest absolute Gasteiger partial charge is 0.349 e. The summed E-state index contributed by atoms with van der Waals surface area (Å²) in [6.45, 7) is 7.35. The Bertz CT molecular complexity index is 826. The molecule has 138 valence electrons. The lowest BCUT2D eigenvalue weighted by Crippen LogP contribution is -2.37. The van der Waals surface area contributed by atoms with Crippen LogP contribution in [0.4, 0.5) is 0 Å². The number of aromatic nitrogens is 1. The van der Waals surface area contributed by atoms with E-state index in [1.807, 2.05) is 24.3 Å². The van der Waals surface area contributed by atoms with Crippen LogP contribution in [-0.2, 0) is 4.79 Å². The van der Waals surface area contributed by atoms with Crippen LogP contribution in [0.5, 0.6) is 0 Å². The SMILES string of the molecule is CCN(CC)CCNC(=O)/C(=C\c1cccc(Br)c1)n1ccccc1=O.